The van der Waals surface area contributed by atoms with Crippen molar-refractivity contribution >= 4 is 10.6 Å². The molecule has 3 aromatic rings. The molecule has 4 rings (SSSR count). The quantitative estimate of drug-likeness (QED) is 0.277. The third kappa shape index (κ3) is 6.72. The molecule has 2 aromatic carbocycles. The van der Waals surface area contributed by atoms with Gasteiger partial charge in [-0.3, -0.25) is 13.9 Å². The summed E-state index contributed by atoms with van der Waals surface area (Å²) in [6.45, 7) is 0.523. The van der Waals surface area contributed by atoms with Crippen LogP contribution in [0.2, 0.25) is 0 Å². The zero-order chi connectivity index (χ0) is 24.8. The zero-order valence-corrected chi connectivity index (χ0v) is 20.0. The molecule has 0 aliphatic carbocycles. The lowest BCUT2D eigenvalue weighted by molar-refractivity contribution is 0.263. The number of hydrogen-bond acceptors (Lipinski definition) is 7. The molecule has 35 heavy (non-hydrogen) atoms. The zero-order valence-electron chi connectivity index (χ0n) is 19.1. The Kier molecular flexibility index (Phi) is 7.90. The van der Waals surface area contributed by atoms with Crippen molar-refractivity contribution in [3.05, 3.63) is 93.2 Å². The van der Waals surface area contributed by atoms with E-state index in [0.717, 1.165) is 28.7 Å². The second-order valence-corrected chi connectivity index (χ2v) is 11.1. The van der Waals surface area contributed by atoms with E-state index in [2.05, 4.69) is 27.1 Å². The summed E-state index contributed by atoms with van der Waals surface area (Å²) < 4.78 is 19.5. The number of H-pyrrole nitrogens is 1. The first-order valence-electron chi connectivity index (χ1n) is 11.4. The summed E-state index contributed by atoms with van der Waals surface area (Å²) in [4.78, 5) is 17.9. The standard InChI is InChI=1S/C26H29N3O5S/c30-15-22(13-24-25(31)26(32)29-17-28-24)21-9-7-19(8-10-21)2-1-18-3-5-20(6-4-18)14-27-23-11-12-35(33,34)16-23/h3-10,17,22-23,27,30-31,33-34H,11-16H2,(H,28,29,32)/t22-,23-/m1/s1. The smallest absolute Gasteiger partial charge is 0.293 e. The van der Waals surface area contributed by atoms with E-state index in [1.807, 2.05) is 48.5 Å². The van der Waals surface area contributed by atoms with Gasteiger partial charge in [0.05, 0.1) is 24.4 Å². The van der Waals surface area contributed by atoms with E-state index in [1.54, 1.807) is 0 Å². The van der Waals surface area contributed by atoms with Gasteiger partial charge in [-0.15, -0.1) is 0 Å². The Morgan fingerprint density at radius 1 is 1.09 bits per heavy atom. The van der Waals surface area contributed by atoms with Gasteiger partial charge in [0, 0.05) is 41.8 Å². The molecule has 0 bridgehead atoms. The average Bonchev–Trinajstić information content (AvgIpc) is 3.22. The highest BCUT2D eigenvalue weighted by Gasteiger charge is 2.27. The van der Waals surface area contributed by atoms with Gasteiger partial charge >= 0.3 is 0 Å². The molecule has 1 aliphatic heterocycles. The van der Waals surface area contributed by atoms with Gasteiger partial charge in [-0.25, -0.2) is 4.98 Å². The Hall–Kier alpha value is -3.13. The van der Waals surface area contributed by atoms with Crippen LogP contribution >= 0.6 is 10.6 Å². The second kappa shape index (κ2) is 11.1. The lowest BCUT2D eigenvalue weighted by Crippen LogP contribution is -2.28. The number of benzene rings is 2. The van der Waals surface area contributed by atoms with Crippen LogP contribution in [0.5, 0.6) is 5.75 Å². The molecule has 0 saturated carbocycles. The van der Waals surface area contributed by atoms with E-state index in [-0.39, 0.29) is 30.7 Å². The van der Waals surface area contributed by atoms with Crippen molar-refractivity contribution in [2.75, 3.05) is 18.1 Å². The van der Waals surface area contributed by atoms with Gasteiger partial charge in [0.2, 0.25) is 5.75 Å². The van der Waals surface area contributed by atoms with Crippen LogP contribution in [0, 0.1) is 11.8 Å². The average molecular weight is 496 g/mol. The monoisotopic (exact) mass is 495 g/mol. The number of aromatic hydroxyl groups is 1. The highest BCUT2D eigenvalue weighted by Crippen LogP contribution is 2.45. The maximum absolute atomic E-state index is 11.6. The van der Waals surface area contributed by atoms with Gasteiger partial charge in [-0.05, 0) is 41.8 Å². The number of aromatic nitrogens is 2. The van der Waals surface area contributed by atoms with Crippen LogP contribution in [0.4, 0.5) is 0 Å². The molecule has 2 heterocycles. The number of aliphatic hydroxyl groups is 1. The van der Waals surface area contributed by atoms with E-state index in [0.29, 0.717) is 18.1 Å². The Labute approximate surface area is 205 Å². The van der Waals surface area contributed by atoms with Crippen LogP contribution < -0.4 is 10.9 Å². The number of aliphatic hydroxyl groups excluding tert-OH is 1. The van der Waals surface area contributed by atoms with Crippen molar-refractivity contribution in [2.45, 2.75) is 31.3 Å². The minimum atomic E-state index is -2.39. The third-order valence-corrected chi connectivity index (χ3v) is 7.93. The van der Waals surface area contributed by atoms with Crippen molar-refractivity contribution < 1.29 is 19.3 Å². The van der Waals surface area contributed by atoms with E-state index in [9.17, 15) is 24.1 Å². The van der Waals surface area contributed by atoms with Crippen LogP contribution in [0.1, 0.15) is 40.3 Å². The Morgan fingerprint density at radius 3 is 2.34 bits per heavy atom. The predicted octanol–water partition coefficient (Wildman–Crippen LogP) is 2.81. The lowest BCUT2D eigenvalue weighted by Gasteiger charge is -2.26. The molecule has 0 spiro atoms. The predicted molar refractivity (Wildman–Crippen MR) is 137 cm³/mol. The molecular weight excluding hydrogens is 466 g/mol. The molecule has 0 amide bonds. The molecule has 8 nitrogen and oxygen atoms in total. The number of nitrogens with one attached hydrogen (secondary N) is 2. The first kappa shape index (κ1) is 25.0. The summed E-state index contributed by atoms with van der Waals surface area (Å²) in [5, 5.41) is 23.1. The molecular formula is C26H29N3O5S. The van der Waals surface area contributed by atoms with Crippen molar-refractivity contribution in [2.24, 2.45) is 0 Å². The van der Waals surface area contributed by atoms with E-state index < -0.39 is 21.9 Å². The van der Waals surface area contributed by atoms with E-state index >= 15 is 0 Å². The van der Waals surface area contributed by atoms with Crippen LogP contribution in [0.3, 0.4) is 0 Å². The SMILES string of the molecule is O=c1[nH]cnc(C[C@H](CO)c2ccc(C#Cc3ccc(CN[C@@H]4CCS(O)(O)C4)cc3)cc2)c1O. The Balaban J connectivity index is 1.34. The molecule has 0 radical (unpaired) electrons. The minimum absolute atomic E-state index is 0.144. The number of rotatable bonds is 7. The summed E-state index contributed by atoms with van der Waals surface area (Å²) >= 11 is 0. The number of nitrogens with zero attached hydrogens (tertiary/aromatic N) is 1. The first-order valence-corrected chi connectivity index (χ1v) is 13.3. The normalized spacial score (nSPS) is 18.4. The van der Waals surface area contributed by atoms with Crippen LogP contribution in [0.15, 0.2) is 59.7 Å². The summed E-state index contributed by atoms with van der Waals surface area (Å²) in [6.07, 6.45) is 2.26. The fourth-order valence-electron chi connectivity index (χ4n) is 4.03. The van der Waals surface area contributed by atoms with Gasteiger partial charge in [0.1, 0.15) is 0 Å². The van der Waals surface area contributed by atoms with Gasteiger partial charge in [-0.2, -0.15) is 10.6 Å². The lowest BCUT2D eigenvalue weighted by atomic mass is 9.94. The number of aromatic amines is 1. The largest absolute Gasteiger partial charge is 0.502 e. The number of hydrogen-bond donors (Lipinski definition) is 6. The molecule has 6 N–H and O–H groups in total. The first-order chi connectivity index (χ1) is 16.8. The van der Waals surface area contributed by atoms with Crippen molar-refractivity contribution in [3.8, 4) is 17.6 Å². The van der Waals surface area contributed by atoms with Crippen LogP contribution in [-0.4, -0.2) is 53.4 Å². The summed E-state index contributed by atoms with van der Waals surface area (Å²) in [7, 11) is -2.39. The topological polar surface area (TPSA) is 139 Å². The van der Waals surface area contributed by atoms with Crippen LogP contribution in [0.25, 0.3) is 0 Å². The van der Waals surface area contributed by atoms with E-state index in [1.165, 1.54) is 6.33 Å². The molecule has 1 aliphatic rings. The molecule has 1 aromatic heterocycles. The maximum atomic E-state index is 11.6. The highest BCUT2D eigenvalue weighted by atomic mass is 32.3. The summed E-state index contributed by atoms with van der Waals surface area (Å²) in [5.74, 6) is 6.46. The third-order valence-electron chi connectivity index (χ3n) is 6.11. The summed E-state index contributed by atoms with van der Waals surface area (Å²) in [5.41, 5.74) is 3.33. The molecule has 0 unspecified atom stereocenters. The van der Waals surface area contributed by atoms with Crippen molar-refractivity contribution in [3.63, 3.8) is 0 Å². The van der Waals surface area contributed by atoms with Crippen molar-refractivity contribution in [1.29, 1.82) is 0 Å². The maximum Gasteiger partial charge on any atom is 0.293 e. The van der Waals surface area contributed by atoms with Gasteiger partial charge < -0.3 is 20.5 Å². The molecule has 1 fully saturated rings. The molecule has 2 atom stereocenters. The van der Waals surface area contributed by atoms with Gasteiger partial charge in [0.25, 0.3) is 5.56 Å². The molecule has 184 valence electrons. The Morgan fingerprint density at radius 2 is 1.74 bits per heavy atom. The van der Waals surface area contributed by atoms with Gasteiger partial charge in [-0.1, -0.05) is 36.1 Å². The summed E-state index contributed by atoms with van der Waals surface area (Å²) in [6, 6.07) is 15.6. The van der Waals surface area contributed by atoms with E-state index in [4.69, 9.17) is 0 Å². The fraction of sp³-hybridized carbons (Fsp3) is 0.308. The fourth-order valence-corrected chi connectivity index (χ4v) is 5.79. The second-order valence-electron chi connectivity index (χ2n) is 8.72. The van der Waals surface area contributed by atoms with Gasteiger partial charge in [0.15, 0.2) is 0 Å². The molecule has 1 saturated heterocycles. The van der Waals surface area contributed by atoms with Crippen molar-refractivity contribution in [1.82, 2.24) is 15.3 Å². The molecule has 9 heteroatoms. The van der Waals surface area contributed by atoms with Crippen LogP contribution in [-0.2, 0) is 13.0 Å². The Bertz CT molecular complexity index is 1260. The minimum Gasteiger partial charge on any atom is -0.502 e. The highest BCUT2D eigenvalue weighted by molar-refractivity contribution is 8.24.